The van der Waals surface area contributed by atoms with E-state index in [1.807, 2.05) is 78.9 Å². The van der Waals surface area contributed by atoms with Gasteiger partial charge in [-0.1, -0.05) is 176 Å². The number of aldehydes is 1. The van der Waals surface area contributed by atoms with Crippen molar-refractivity contribution in [2.45, 2.75) is 158 Å². The second kappa shape index (κ2) is 20.3. The zero-order valence-electron chi connectivity index (χ0n) is 39.4. The molecule has 0 bridgehead atoms. The van der Waals surface area contributed by atoms with E-state index >= 15 is 0 Å². The summed E-state index contributed by atoms with van der Waals surface area (Å²) in [6.45, 7) is 20.1. The van der Waals surface area contributed by atoms with Crippen LogP contribution >= 0.6 is 0 Å². The Bertz CT molecular complexity index is 2010. The molecular formula is C54H74O7Si3. The maximum Gasteiger partial charge on any atom is 0.258 e. The summed E-state index contributed by atoms with van der Waals surface area (Å²) in [4.78, 5) is 39.0. The minimum Gasteiger partial charge on any atom is -0.424 e. The Labute approximate surface area is 387 Å². The second-order valence-corrected chi connectivity index (χ2v) is 32.8. The Balaban J connectivity index is 1.34. The molecule has 0 spiro atoms. The number of rotatable bonds is 20. The van der Waals surface area contributed by atoms with Crippen LogP contribution in [0.2, 0.25) is 28.2 Å². The van der Waals surface area contributed by atoms with Crippen molar-refractivity contribution in [1.82, 2.24) is 0 Å². The number of ether oxygens (including phenoxy) is 3. The minimum atomic E-state index is -3.45. The molecule has 3 heterocycles. The Morgan fingerprint density at radius 1 is 0.641 bits per heavy atom. The molecule has 4 aromatic carbocycles. The molecule has 64 heavy (non-hydrogen) atoms. The summed E-state index contributed by atoms with van der Waals surface area (Å²) < 4.78 is 29.2. The number of carbonyl (C=O) groups excluding carboxylic acids is 1. The van der Waals surface area contributed by atoms with Crippen molar-refractivity contribution in [2.75, 3.05) is 0 Å². The second-order valence-electron chi connectivity index (χ2n) is 20.2. The first kappa shape index (κ1) is 48.6. The van der Waals surface area contributed by atoms with Gasteiger partial charge in [0, 0.05) is 24.7 Å². The van der Waals surface area contributed by atoms with Crippen molar-refractivity contribution in [1.29, 1.82) is 0 Å². The van der Waals surface area contributed by atoms with Gasteiger partial charge >= 0.3 is 0 Å². The van der Waals surface area contributed by atoms with Crippen LogP contribution in [0.25, 0.3) is 0 Å². The molecular weight excluding hydrogens is 845 g/mol. The fourth-order valence-electron chi connectivity index (χ4n) is 12.0. The molecule has 0 radical (unpaired) electrons. The molecule has 3 unspecified atom stereocenters. The summed E-state index contributed by atoms with van der Waals surface area (Å²) in [7, 11) is -8.92. The lowest BCUT2D eigenvalue weighted by atomic mass is 9.74. The van der Waals surface area contributed by atoms with E-state index in [0.29, 0.717) is 25.7 Å². The van der Waals surface area contributed by atoms with Gasteiger partial charge in [0.05, 0.1) is 42.7 Å². The highest BCUT2D eigenvalue weighted by atomic mass is 28.4. The van der Waals surface area contributed by atoms with E-state index in [1.54, 1.807) is 0 Å². The van der Waals surface area contributed by atoms with Crippen LogP contribution in [0.5, 0.6) is 0 Å². The molecule has 3 aliphatic rings. The molecule has 0 saturated carbocycles. The Kier molecular flexibility index (Phi) is 15.4. The lowest BCUT2D eigenvalue weighted by molar-refractivity contribution is -0.242. The van der Waals surface area contributed by atoms with Crippen LogP contribution in [0, 0.1) is 11.8 Å². The fourth-order valence-corrected chi connectivity index (χ4v) is 22.4. The van der Waals surface area contributed by atoms with Crippen LogP contribution in [-0.4, -0.2) is 83.6 Å². The predicted molar refractivity (Wildman–Crippen MR) is 267 cm³/mol. The summed E-state index contributed by atoms with van der Waals surface area (Å²) in [6.07, 6.45) is 4.79. The zero-order chi connectivity index (χ0) is 45.8. The molecule has 3 fully saturated rings. The molecule has 344 valence electrons. The summed E-state index contributed by atoms with van der Waals surface area (Å²) in [5, 5.41) is 2.72. The van der Waals surface area contributed by atoms with Crippen LogP contribution < -0.4 is 20.7 Å². The molecule has 0 aliphatic carbocycles. The van der Waals surface area contributed by atoms with Crippen molar-refractivity contribution in [3.63, 3.8) is 0 Å². The maximum atomic E-state index is 13.5. The molecule has 3 aliphatic heterocycles. The first-order valence-corrected chi connectivity index (χ1v) is 30.5. The smallest absolute Gasteiger partial charge is 0.258 e. The predicted octanol–water partition coefficient (Wildman–Crippen LogP) is 8.70. The SMILES string of the molecule is C=CC(C[C@H]1O[C@H]2C(CC(C)(C)[Si](O)(c3ccccc3)c3ccccc3)[C@H]3O[C@@H](CC=O)CCC3O[C@H]2[C@H]1CC(C)(C)[Si](O)(c1ccccc1)c1ccccc1)O[Si](CC)(CC)CC. The van der Waals surface area contributed by atoms with Gasteiger partial charge in [-0.05, 0) is 74.6 Å². The lowest BCUT2D eigenvalue weighted by Gasteiger charge is -2.52. The molecule has 9 atom stereocenters. The first-order valence-electron chi connectivity index (χ1n) is 24.1. The molecule has 7 nitrogen and oxygen atoms in total. The molecule has 7 rings (SSSR count). The van der Waals surface area contributed by atoms with Gasteiger partial charge in [0.1, 0.15) is 6.29 Å². The van der Waals surface area contributed by atoms with Gasteiger partial charge < -0.3 is 33.0 Å². The van der Waals surface area contributed by atoms with Gasteiger partial charge in [-0.15, -0.1) is 6.58 Å². The van der Waals surface area contributed by atoms with E-state index in [1.165, 1.54) is 0 Å². The summed E-state index contributed by atoms with van der Waals surface area (Å²) in [5.74, 6) is -0.259. The molecule has 0 amide bonds. The van der Waals surface area contributed by atoms with Gasteiger partial charge in [-0.25, -0.2) is 0 Å². The number of fused-ring (bicyclic) bond motifs is 2. The third kappa shape index (κ3) is 9.33. The topological polar surface area (TPSA) is 94.5 Å². The summed E-state index contributed by atoms with van der Waals surface area (Å²) in [5.41, 5.74) is 0. The van der Waals surface area contributed by atoms with Gasteiger partial charge in [0.2, 0.25) is 0 Å². The molecule has 3 saturated heterocycles. The van der Waals surface area contributed by atoms with E-state index in [2.05, 4.69) is 104 Å². The van der Waals surface area contributed by atoms with E-state index < -0.39 is 35.0 Å². The summed E-state index contributed by atoms with van der Waals surface area (Å²) in [6, 6.07) is 44.1. The van der Waals surface area contributed by atoms with Crippen molar-refractivity contribution >= 4 is 52.0 Å². The highest BCUT2D eigenvalue weighted by molar-refractivity contribution is 6.99. The van der Waals surface area contributed by atoms with Gasteiger partial charge in [-0.2, -0.15) is 0 Å². The van der Waals surface area contributed by atoms with Crippen molar-refractivity contribution in [3.05, 3.63) is 134 Å². The quantitative estimate of drug-likeness (QED) is 0.0521. The van der Waals surface area contributed by atoms with E-state index in [9.17, 15) is 14.4 Å². The highest BCUT2D eigenvalue weighted by Gasteiger charge is 2.62. The number of hydrogen-bond acceptors (Lipinski definition) is 7. The van der Waals surface area contributed by atoms with Crippen LogP contribution in [0.3, 0.4) is 0 Å². The minimum absolute atomic E-state index is 0.0999. The van der Waals surface area contributed by atoms with Crippen LogP contribution in [-0.2, 0) is 23.4 Å². The largest absolute Gasteiger partial charge is 0.424 e. The molecule has 0 aromatic heterocycles. The number of benzene rings is 4. The van der Waals surface area contributed by atoms with Crippen LogP contribution in [0.15, 0.2) is 134 Å². The molecule has 4 aromatic rings. The third-order valence-corrected chi connectivity index (χ3v) is 29.5. The van der Waals surface area contributed by atoms with Gasteiger partial charge in [0.15, 0.2) is 8.32 Å². The van der Waals surface area contributed by atoms with Gasteiger partial charge in [0.25, 0.3) is 16.6 Å². The maximum absolute atomic E-state index is 13.5. The average Bonchev–Trinajstić information content (AvgIpc) is 3.65. The number of hydrogen-bond donors (Lipinski definition) is 2. The Morgan fingerprint density at radius 3 is 1.47 bits per heavy atom. The molecule has 10 heteroatoms. The van der Waals surface area contributed by atoms with Crippen LogP contribution in [0.4, 0.5) is 0 Å². The van der Waals surface area contributed by atoms with Crippen molar-refractivity contribution in [3.8, 4) is 0 Å². The summed E-state index contributed by atoms with van der Waals surface area (Å²) >= 11 is 0. The monoisotopic (exact) mass is 918 g/mol. The normalized spacial score (nSPS) is 25.8. The fraction of sp³-hybridized carbons (Fsp3) is 0.500. The zero-order valence-corrected chi connectivity index (χ0v) is 42.4. The van der Waals surface area contributed by atoms with E-state index in [0.717, 1.165) is 58.0 Å². The van der Waals surface area contributed by atoms with E-state index in [-0.39, 0.29) is 54.6 Å². The van der Waals surface area contributed by atoms with Gasteiger partial charge in [-0.3, -0.25) is 0 Å². The van der Waals surface area contributed by atoms with Crippen LogP contribution in [0.1, 0.15) is 87.0 Å². The average molecular weight is 919 g/mol. The lowest BCUT2D eigenvalue weighted by Crippen LogP contribution is -2.67. The third-order valence-electron chi connectivity index (χ3n) is 15.9. The first-order chi connectivity index (χ1) is 30.7. The van der Waals surface area contributed by atoms with Crippen molar-refractivity contribution < 1.29 is 33.0 Å². The number of carbonyl (C=O) groups is 1. The van der Waals surface area contributed by atoms with Crippen molar-refractivity contribution in [2.24, 2.45) is 11.8 Å². The molecule has 2 N–H and O–H groups in total. The Hall–Kier alpha value is -3.30. The highest BCUT2D eigenvalue weighted by Crippen LogP contribution is 2.55. The van der Waals surface area contributed by atoms with E-state index in [4.69, 9.17) is 18.6 Å². The Morgan fingerprint density at radius 2 is 1.06 bits per heavy atom. The standard InChI is InChI=1S/C54H74O7Si3/c1-9-40(61-62(10-2,11-3)12-4)37-49-46(38-53(5,6)63(56,42-25-17-13-18-26-42)43-27-19-14-20-28-43)51-52(60-49)47(50-48(59-51)34-33-41(58-50)35-36-55)39-54(7,8)64(57,44-29-21-15-22-30-44)45-31-23-16-24-32-45/h9,13-32,36,40-41,46-52,56-57H,1,10-12,33-35,37-39H2,2-8H3/t40?,41-,46+,47?,48?,49-,50-,51+,52+/m1/s1.